The van der Waals surface area contributed by atoms with E-state index in [0.717, 1.165) is 0 Å². The Bertz CT molecular complexity index is 432. The van der Waals surface area contributed by atoms with Crippen LogP contribution in [-0.2, 0) is 9.53 Å². The molecule has 0 aliphatic carbocycles. The molecule has 0 saturated heterocycles. The van der Waals surface area contributed by atoms with Crippen LogP contribution in [0.25, 0.3) is 0 Å². The predicted molar refractivity (Wildman–Crippen MR) is 73.1 cm³/mol. The molecule has 0 spiro atoms. The number of nitrogens with zero attached hydrogens (tertiary/aromatic N) is 2. The number of rotatable bonds is 7. The lowest BCUT2D eigenvalue weighted by molar-refractivity contribution is -0.140. The Kier molecular flexibility index (Phi) is 6.66. The van der Waals surface area contributed by atoms with Crippen LogP contribution in [-0.4, -0.2) is 53.2 Å². The number of pyridine rings is 1. The summed E-state index contributed by atoms with van der Waals surface area (Å²) < 4.78 is 4.58. The third-order valence-corrected chi connectivity index (χ3v) is 3.08. The van der Waals surface area contributed by atoms with Crippen LogP contribution >= 0.6 is 0 Å². The van der Waals surface area contributed by atoms with Gasteiger partial charge in [-0.3, -0.25) is 14.6 Å². The van der Waals surface area contributed by atoms with Gasteiger partial charge in [-0.1, -0.05) is 6.92 Å². The molecule has 1 aromatic rings. The van der Waals surface area contributed by atoms with E-state index >= 15 is 0 Å². The number of aromatic nitrogens is 1. The second-order valence-corrected chi connectivity index (χ2v) is 4.31. The largest absolute Gasteiger partial charge is 0.469 e. The number of carbonyl (C=O) groups excluding carboxylic acids is 2. The topological polar surface area (TPSA) is 79.7 Å². The van der Waals surface area contributed by atoms with Gasteiger partial charge in [0.2, 0.25) is 0 Å². The third-order valence-electron chi connectivity index (χ3n) is 3.08. The van der Waals surface area contributed by atoms with Gasteiger partial charge < -0.3 is 14.7 Å². The van der Waals surface area contributed by atoms with Gasteiger partial charge in [0.25, 0.3) is 5.91 Å². The number of aliphatic hydroxyl groups is 1. The van der Waals surface area contributed by atoms with E-state index in [-0.39, 0.29) is 37.5 Å². The van der Waals surface area contributed by atoms with E-state index in [2.05, 4.69) is 9.72 Å². The van der Waals surface area contributed by atoms with Crippen molar-refractivity contribution in [3.05, 3.63) is 30.1 Å². The summed E-state index contributed by atoms with van der Waals surface area (Å²) in [5, 5.41) is 9.39. The molecule has 6 nitrogen and oxygen atoms in total. The molecule has 1 amide bonds. The fourth-order valence-corrected chi connectivity index (χ4v) is 1.87. The van der Waals surface area contributed by atoms with E-state index in [0.29, 0.717) is 12.0 Å². The Morgan fingerprint density at radius 2 is 2.25 bits per heavy atom. The van der Waals surface area contributed by atoms with Crippen LogP contribution in [0.5, 0.6) is 0 Å². The van der Waals surface area contributed by atoms with Gasteiger partial charge in [-0.2, -0.15) is 0 Å². The van der Waals surface area contributed by atoms with Crippen LogP contribution in [0, 0.1) is 0 Å². The molecule has 1 heterocycles. The van der Waals surface area contributed by atoms with Crippen molar-refractivity contribution < 1.29 is 19.4 Å². The molecule has 1 atom stereocenters. The summed E-state index contributed by atoms with van der Waals surface area (Å²) in [7, 11) is 1.30. The van der Waals surface area contributed by atoms with Crippen molar-refractivity contribution in [3.8, 4) is 0 Å². The number of methoxy groups -OCH3 is 1. The first kappa shape index (κ1) is 16.1. The Balaban J connectivity index is 2.86. The first-order valence-electron chi connectivity index (χ1n) is 6.52. The van der Waals surface area contributed by atoms with Crippen LogP contribution < -0.4 is 0 Å². The average Bonchev–Trinajstić information content (AvgIpc) is 2.51. The minimum atomic E-state index is -0.387. The van der Waals surface area contributed by atoms with Crippen molar-refractivity contribution in [2.75, 3.05) is 20.3 Å². The number of aliphatic hydroxyl groups excluding tert-OH is 1. The smallest absolute Gasteiger partial charge is 0.307 e. The Morgan fingerprint density at radius 1 is 1.50 bits per heavy atom. The van der Waals surface area contributed by atoms with Crippen LogP contribution in [0.4, 0.5) is 0 Å². The molecule has 0 radical (unpaired) electrons. The maximum atomic E-state index is 12.4. The van der Waals surface area contributed by atoms with Crippen molar-refractivity contribution in [1.82, 2.24) is 9.88 Å². The molecule has 110 valence electrons. The zero-order valence-electron chi connectivity index (χ0n) is 11.8. The van der Waals surface area contributed by atoms with Gasteiger partial charge in [-0.15, -0.1) is 0 Å². The van der Waals surface area contributed by atoms with E-state index in [1.54, 1.807) is 18.3 Å². The number of amides is 1. The molecule has 0 aromatic carbocycles. The van der Waals surface area contributed by atoms with Crippen molar-refractivity contribution in [2.45, 2.75) is 25.8 Å². The molecule has 1 aromatic heterocycles. The monoisotopic (exact) mass is 280 g/mol. The SMILES string of the molecule is CCC(CO)N(CCC(=O)OC)C(=O)c1cccnc1. The minimum absolute atomic E-state index is 0.0962. The highest BCUT2D eigenvalue weighted by Crippen LogP contribution is 2.11. The Hall–Kier alpha value is -1.95. The number of hydrogen-bond acceptors (Lipinski definition) is 5. The van der Waals surface area contributed by atoms with E-state index < -0.39 is 0 Å². The maximum Gasteiger partial charge on any atom is 0.307 e. The van der Waals surface area contributed by atoms with Gasteiger partial charge in [-0.25, -0.2) is 0 Å². The summed E-state index contributed by atoms with van der Waals surface area (Å²) in [6, 6.07) is 3.00. The van der Waals surface area contributed by atoms with Gasteiger partial charge in [0, 0.05) is 18.9 Å². The van der Waals surface area contributed by atoms with E-state index in [4.69, 9.17) is 0 Å². The van der Waals surface area contributed by atoms with Crippen LogP contribution in [0.1, 0.15) is 30.1 Å². The summed E-state index contributed by atoms with van der Waals surface area (Å²) in [6.45, 7) is 1.94. The first-order valence-corrected chi connectivity index (χ1v) is 6.52. The lowest BCUT2D eigenvalue weighted by Gasteiger charge is -2.29. The highest BCUT2D eigenvalue weighted by atomic mass is 16.5. The Morgan fingerprint density at radius 3 is 2.75 bits per heavy atom. The summed E-state index contributed by atoms with van der Waals surface area (Å²) in [5.74, 6) is -0.635. The second-order valence-electron chi connectivity index (χ2n) is 4.31. The van der Waals surface area contributed by atoms with Gasteiger partial charge in [0.15, 0.2) is 0 Å². The van der Waals surface area contributed by atoms with Crippen molar-refractivity contribution in [2.24, 2.45) is 0 Å². The van der Waals surface area contributed by atoms with Crippen molar-refractivity contribution >= 4 is 11.9 Å². The fourth-order valence-electron chi connectivity index (χ4n) is 1.87. The van der Waals surface area contributed by atoms with E-state index in [1.165, 1.54) is 18.2 Å². The summed E-state index contributed by atoms with van der Waals surface area (Å²) in [6.07, 6.45) is 3.75. The second kappa shape index (κ2) is 8.27. The van der Waals surface area contributed by atoms with Gasteiger partial charge in [-0.05, 0) is 18.6 Å². The molecule has 1 unspecified atom stereocenters. The normalized spacial score (nSPS) is 11.8. The number of carbonyl (C=O) groups is 2. The number of ether oxygens (including phenoxy) is 1. The molecular weight excluding hydrogens is 260 g/mol. The predicted octanol–water partition coefficient (Wildman–Crippen LogP) is 0.858. The third kappa shape index (κ3) is 4.31. The molecule has 1 N–H and O–H groups in total. The lowest BCUT2D eigenvalue weighted by atomic mass is 10.1. The zero-order chi connectivity index (χ0) is 15.0. The zero-order valence-corrected chi connectivity index (χ0v) is 11.8. The molecule has 1 rings (SSSR count). The summed E-state index contributed by atoms with van der Waals surface area (Å²) in [4.78, 5) is 29.1. The maximum absolute atomic E-state index is 12.4. The van der Waals surface area contributed by atoms with Crippen molar-refractivity contribution in [3.63, 3.8) is 0 Å². The fraction of sp³-hybridized carbons (Fsp3) is 0.500. The van der Waals surface area contributed by atoms with E-state index in [1.807, 2.05) is 6.92 Å². The molecule has 0 aliphatic heterocycles. The highest BCUT2D eigenvalue weighted by Gasteiger charge is 2.23. The summed E-state index contributed by atoms with van der Waals surface area (Å²) >= 11 is 0. The molecule has 6 heteroatoms. The minimum Gasteiger partial charge on any atom is -0.469 e. The standard InChI is InChI=1S/C14H20N2O4/c1-3-12(10-17)16(8-6-13(18)20-2)14(19)11-5-4-7-15-9-11/h4-5,7,9,12,17H,3,6,8,10H2,1-2H3. The van der Waals surface area contributed by atoms with E-state index in [9.17, 15) is 14.7 Å². The number of esters is 1. The molecule has 0 saturated carbocycles. The first-order chi connectivity index (χ1) is 9.63. The molecular formula is C14H20N2O4. The van der Waals surface area contributed by atoms with Crippen LogP contribution in [0.2, 0.25) is 0 Å². The average molecular weight is 280 g/mol. The molecule has 0 bridgehead atoms. The van der Waals surface area contributed by atoms with Gasteiger partial charge in [0.1, 0.15) is 0 Å². The highest BCUT2D eigenvalue weighted by molar-refractivity contribution is 5.94. The van der Waals surface area contributed by atoms with Gasteiger partial charge >= 0.3 is 5.97 Å². The van der Waals surface area contributed by atoms with Crippen molar-refractivity contribution in [1.29, 1.82) is 0 Å². The van der Waals surface area contributed by atoms with Crippen LogP contribution in [0.15, 0.2) is 24.5 Å². The summed E-state index contributed by atoms with van der Waals surface area (Å²) in [5.41, 5.74) is 0.435. The molecule has 0 aliphatic rings. The quantitative estimate of drug-likeness (QED) is 0.749. The Labute approximate surface area is 118 Å². The molecule has 20 heavy (non-hydrogen) atoms. The van der Waals surface area contributed by atoms with Crippen LogP contribution in [0.3, 0.4) is 0 Å². The number of hydrogen-bond donors (Lipinski definition) is 1. The lowest BCUT2D eigenvalue weighted by Crippen LogP contribution is -2.43. The van der Waals surface area contributed by atoms with Gasteiger partial charge in [0.05, 0.1) is 31.7 Å². The molecule has 0 fully saturated rings.